The highest BCUT2D eigenvalue weighted by Crippen LogP contribution is 2.19. The molecule has 84 valence electrons. The van der Waals surface area contributed by atoms with Gasteiger partial charge in [-0.3, -0.25) is 4.68 Å². The van der Waals surface area contributed by atoms with Gasteiger partial charge in [-0.15, -0.1) is 5.10 Å². The normalized spacial score (nSPS) is 10.4. The lowest BCUT2D eigenvalue weighted by Crippen LogP contribution is -2.05. The highest BCUT2D eigenvalue weighted by atomic mass is 19.1. The summed E-state index contributed by atoms with van der Waals surface area (Å²) in [7, 11) is 1.78. The molecule has 0 spiro atoms. The summed E-state index contributed by atoms with van der Waals surface area (Å²) < 4.78 is 14.6. The van der Waals surface area contributed by atoms with Crippen molar-refractivity contribution in [3.63, 3.8) is 0 Å². The second-order valence-corrected chi connectivity index (χ2v) is 3.37. The molecule has 0 saturated heterocycles. The number of hydrogen-bond acceptors (Lipinski definition) is 4. The summed E-state index contributed by atoms with van der Waals surface area (Å²) in [6.45, 7) is 0.494. The highest BCUT2D eigenvalue weighted by Gasteiger charge is 2.03. The Balaban J connectivity index is 2.05. The molecular formula is C10H11FN4O. The number of nitrogens with one attached hydrogen (secondary N) is 1. The molecule has 0 fully saturated rings. The topological polar surface area (TPSA) is 63.0 Å². The molecule has 0 aliphatic heterocycles. The number of benzene rings is 1. The molecule has 0 saturated carbocycles. The van der Waals surface area contributed by atoms with Crippen LogP contribution in [0.2, 0.25) is 0 Å². The number of anilines is 1. The van der Waals surface area contributed by atoms with Gasteiger partial charge in [0.1, 0.15) is 0 Å². The van der Waals surface area contributed by atoms with Gasteiger partial charge in [-0.25, -0.2) is 4.39 Å². The average Bonchev–Trinajstić information content (AvgIpc) is 2.66. The summed E-state index contributed by atoms with van der Waals surface area (Å²) in [6, 6.07) is 4.14. The molecule has 5 nitrogen and oxygen atoms in total. The molecule has 16 heavy (non-hydrogen) atoms. The quantitative estimate of drug-likeness (QED) is 0.768. The van der Waals surface area contributed by atoms with Crippen LogP contribution >= 0.6 is 0 Å². The zero-order chi connectivity index (χ0) is 11.5. The van der Waals surface area contributed by atoms with Crippen LogP contribution in [0.15, 0.2) is 24.4 Å². The van der Waals surface area contributed by atoms with Gasteiger partial charge in [-0.1, -0.05) is 5.21 Å². The lowest BCUT2D eigenvalue weighted by molar-refractivity contribution is 0.432. The summed E-state index contributed by atoms with van der Waals surface area (Å²) in [5.41, 5.74) is 1.48. The van der Waals surface area contributed by atoms with Crippen LogP contribution in [0.25, 0.3) is 0 Å². The fourth-order valence-electron chi connectivity index (χ4n) is 1.28. The molecule has 0 atom stereocenters. The van der Waals surface area contributed by atoms with Crippen molar-refractivity contribution >= 4 is 5.69 Å². The van der Waals surface area contributed by atoms with Crippen molar-refractivity contribution in [1.29, 1.82) is 0 Å². The predicted octanol–water partition coefficient (Wildman–Crippen LogP) is 1.27. The number of halogens is 1. The number of phenols is 1. The van der Waals surface area contributed by atoms with E-state index >= 15 is 0 Å². The largest absolute Gasteiger partial charge is 0.505 e. The third-order valence-electron chi connectivity index (χ3n) is 2.23. The van der Waals surface area contributed by atoms with Crippen LogP contribution in [0.5, 0.6) is 5.75 Å². The van der Waals surface area contributed by atoms with Gasteiger partial charge in [-0.2, -0.15) is 0 Å². The molecule has 2 rings (SSSR count). The molecule has 2 N–H and O–H groups in total. The van der Waals surface area contributed by atoms with Crippen molar-refractivity contribution in [2.45, 2.75) is 6.54 Å². The van der Waals surface area contributed by atoms with E-state index in [2.05, 4.69) is 15.6 Å². The van der Waals surface area contributed by atoms with Crippen molar-refractivity contribution in [3.05, 3.63) is 35.9 Å². The van der Waals surface area contributed by atoms with Gasteiger partial charge in [0, 0.05) is 18.8 Å². The van der Waals surface area contributed by atoms with Crippen molar-refractivity contribution in [2.75, 3.05) is 5.32 Å². The fraction of sp³-hybridized carbons (Fsp3) is 0.200. The first-order valence-electron chi connectivity index (χ1n) is 4.73. The zero-order valence-electron chi connectivity index (χ0n) is 8.68. The maximum Gasteiger partial charge on any atom is 0.166 e. The second-order valence-electron chi connectivity index (χ2n) is 3.37. The van der Waals surface area contributed by atoms with E-state index in [0.29, 0.717) is 12.2 Å². The number of phenolic OH excluding ortho intramolecular Hbond substituents is 1. The molecule has 1 aromatic carbocycles. The minimum absolute atomic E-state index is 0.354. The molecule has 0 amide bonds. The monoisotopic (exact) mass is 222 g/mol. The lowest BCUT2D eigenvalue weighted by atomic mass is 10.3. The van der Waals surface area contributed by atoms with Crippen LogP contribution in [0, 0.1) is 5.82 Å². The van der Waals surface area contributed by atoms with Gasteiger partial charge in [0.15, 0.2) is 11.6 Å². The number of aromatic nitrogens is 3. The summed E-state index contributed by atoms with van der Waals surface area (Å²) in [5, 5.41) is 19.5. The first-order chi connectivity index (χ1) is 7.66. The Morgan fingerprint density at radius 1 is 1.50 bits per heavy atom. The molecule has 0 unspecified atom stereocenters. The maximum atomic E-state index is 13.0. The van der Waals surface area contributed by atoms with Crippen LogP contribution in [0.3, 0.4) is 0 Å². The Bertz CT molecular complexity index is 497. The number of hydrogen-bond donors (Lipinski definition) is 2. The molecule has 2 aromatic rings. The molecular weight excluding hydrogens is 211 g/mol. The van der Waals surface area contributed by atoms with Gasteiger partial charge >= 0.3 is 0 Å². The van der Waals surface area contributed by atoms with Crippen LogP contribution in [-0.4, -0.2) is 20.1 Å². The Labute approximate surface area is 91.5 Å². The standard InChI is InChI=1S/C10H11FN4O/c1-15-8(6-13-14-15)5-12-7-2-3-10(16)9(11)4-7/h2-4,6,12,16H,5H2,1H3. The predicted molar refractivity (Wildman–Crippen MR) is 56.4 cm³/mol. The van der Waals surface area contributed by atoms with E-state index < -0.39 is 5.82 Å². The molecule has 0 bridgehead atoms. The van der Waals surface area contributed by atoms with Gasteiger partial charge < -0.3 is 10.4 Å². The molecule has 1 heterocycles. The summed E-state index contributed by atoms with van der Waals surface area (Å²) in [5.74, 6) is -0.999. The zero-order valence-corrected chi connectivity index (χ0v) is 8.68. The molecule has 6 heteroatoms. The van der Waals surface area contributed by atoms with E-state index in [9.17, 15) is 4.39 Å². The average molecular weight is 222 g/mol. The van der Waals surface area contributed by atoms with E-state index in [-0.39, 0.29) is 5.75 Å². The van der Waals surface area contributed by atoms with E-state index in [1.54, 1.807) is 24.0 Å². The smallest absolute Gasteiger partial charge is 0.166 e. The van der Waals surface area contributed by atoms with Crippen molar-refractivity contribution in [2.24, 2.45) is 7.05 Å². The lowest BCUT2D eigenvalue weighted by Gasteiger charge is -2.06. The van der Waals surface area contributed by atoms with Gasteiger partial charge in [-0.05, 0) is 12.1 Å². The molecule has 0 radical (unpaired) electrons. The van der Waals surface area contributed by atoms with E-state index in [1.807, 2.05) is 0 Å². The molecule has 0 aliphatic carbocycles. The third kappa shape index (κ3) is 2.10. The summed E-state index contributed by atoms with van der Waals surface area (Å²) in [6.07, 6.45) is 1.63. The second kappa shape index (κ2) is 4.18. The highest BCUT2D eigenvalue weighted by molar-refractivity contribution is 5.46. The number of rotatable bonds is 3. The Hall–Kier alpha value is -2.11. The van der Waals surface area contributed by atoms with Gasteiger partial charge in [0.25, 0.3) is 0 Å². The SMILES string of the molecule is Cn1nncc1CNc1ccc(O)c(F)c1. The Morgan fingerprint density at radius 3 is 2.94 bits per heavy atom. The summed E-state index contributed by atoms with van der Waals surface area (Å²) in [4.78, 5) is 0. The van der Waals surface area contributed by atoms with Crippen molar-refractivity contribution in [3.8, 4) is 5.75 Å². The van der Waals surface area contributed by atoms with Gasteiger partial charge in [0.05, 0.1) is 18.4 Å². The Morgan fingerprint density at radius 2 is 2.31 bits per heavy atom. The van der Waals surface area contributed by atoms with Crippen molar-refractivity contribution < 1.29 is 9.50 Å². The fourth-order valence-corrected chi connectivity index (χ4v) is 1.28. The molecule has 0 aliphatic rings. The first-order valence-corrected chi connectivity index (χ1v) is 4.73. The first kappa shape index (κ1) is 10.4. The van der Waals surface area contributed by atoms with E-state index in [0.717, 1.165) is 5.69 Å². The van der Waals surface area contributed by atoms with Gasteiger partial charge in [0.2, 0.25) is 0 Å². The summed E-state index contributed by atoms with van der Waals surface area (Å²) >= 11 is 0. The number of aryl methyl sites for hydroxylation is 1. The minimum Gasteiger partial charge on any atom is -0.505 e. The van der Waals surface area contributed by atoms with E-state index in [1.165, 1.54) is 12.1 Å². The van der Waals surface area contributed by atoms with Crippen LogP contribution in [-0.2, 0) is 13.6 Å². The minimum atomic E-state index is -0.645. The van der Waals surface area contributed by atoms with Crippen LogP contribution in [0.1, 0.15) is 5.69 Å². The third-order valence-corrected chi connectivity index (χ3v) is 2.23. The van der Waals surface area contributed by atoms with Crippen molar-refractivity contribution in [1.82, 2.24) is 15.0 Å². The number of aromatic hydroxyl groups is 1. The van der Waals surface area contributed by atoms with E-state index in [4.69, 9.17) is 5.11 Å². The molecule has 1 aromatic heterocycles. The number of nitrogens with zero attached hydrogens (tertiary/aromatic N) is 3. The van der Waals surface area contributed by atoms with Crippen LogP contribution < -0.4 is 5.32 Å². The maximum absolute atomic E-state index is 13.0. The Kier molecular flexibility index (Phi) is 2.72. The van der Waals surface area contributed by atoms with Crippen LogP contribution in [0.4, 0.5) is 10.1 Å².